The SMILES string of the molecule is O=C(CCc1ccc(-c2ccccc2Br)o1)NCc1ccco1. The van der Waals surface area contributed by atoms with Crippen LogP contribution in [0.1, 0.15) is 17.9 Å². The van der Waals surface area contributed by atoms with Crippen LogP contribution in [0.2, 0.25) is 0 Å². The van der Waals surface area contributed by atoms with Gasteiger partial charge in [0, 0.05) is 22.9 Å². The largest absolute Gasteiger partial charge is 0.467 e. The van der Waals surface area contributed by atoms with Crippen LogP contribution in [-0.4, -0.2) is 5.91 Å². The standard InChI is InChI=1S/C18H16BrNO3/c19-16-6-2-1-5-15(16)17-9-7-13(23-17)8-10-18(21)20-12-14-4-3-11-22-14/h1-7,9,11H,8,10,12H2,(H,20,21). The predicted molar refractivity (Wildman–Crippen MR) is 90.7 cm³/mol. The van der Waals surface area contributed by atoms with Gasteiger partial charge in [-0.25, -0.2) is 0 Å². The number of benzene rings is 1. The van der Waals surface area contributed by atoms with E-state index in [0.717, 1.165) is 27.3 Å². The Kier molecular flexibility index (Phi) is 4.98. The van der Waals surface area contributed by atoms with Crippen molar-refractivity contribution < 1.29 is 13.6 Å². The fraction of sp³-hybridized carbons (Fsp3) is 0.167. The zero-order valence-corrected chi connectivity index (χ0v) is 14.0. The zero-order valence-electron chi connectivity index (χ0n) is 12.4. The Labute approximate surface area is 142 Å². The molecule has 0 radical (unpaired) electrons. The second-order valence-electron chi connectivity index (χ2n) is 5.10. The van der Waals surface area contributed by atoms with Gasteiger partial charge in [0.15, 0.2) is 0 Å². The van der Waals surface area contributed by atoms with Crippen molar-refractivity contribution in [3.05, 3.63) is 70.8 Å². The summed E-state index contributed by atoms with van der Waals surface area (Å²) in [5, 5.41) is 2.82. The maximum Gasteiger partial charge on any atom is 0.220 e. The highest BCUT2D eigenvalue weighted by molar-refractivity contribution is 9.10. The van der Waals surface area contributed by atoms with E-state index >= 15 is 0 Å². The molecule has 0 bridgehead atoms. The average Bonchev–Trinajstić information content (AvgIpc) is 3.23. The van der Waals surface area contributed by atoms with Crippen molar-refractivity contribution in [2.45, 2.75) is 19.4 Å². The molecule has 0 fully saturated rings. The van der Waals surface area contributed by atoms with E-state index in [9.17, 15) is 4.79 Å². The summed E-state index contributed by atoms with van der Waals surface area (Å²) in [6.45, 7) is 0.409. The van der Waals surface area contributed by atoms with Crippen LogP contribution in [0.3, 0.4) is 0 Å². The number of halogens is 1. The van der Waals surface area contributed by atoms with Crippen molar-refractivity contribution in [2.24, 2.45) is 0 Å². The monoisotopic (exact) mass is 373 g/mol. The first kappa shape index (κ1) is 15.6. The van der Waals surface area contributed by atoms with E-state index in [1.165, 1.54) is 0 Å². The molecule has 0 aliphatic carbocycles. The summed E-state index contributed by atoms with van der Waals surface area (Å²) in [7, 11) is 0. The predicted octanol–water partition coefficient (Wildman–Crippen LogP) is 4.55. The second-order valence-corrected chi connectivity index (χ2v) is 5.96. The van der Waals surface area contributed by atoms with E-state index < -0.39 is 0 Å². The lowest BCUT2D eigenvalue weighted by Gasteiger charge is -2.02. The first-order chi connectivity index (χ1) is 11.2. The molecule has 23 heavy (non-hydrogen) atoms. The van der Waals surface area contributed by atoms with Gasteiger partial charge < -0.3 is 14.2 Å². The van der Waals surface area contributed by atoms with Gasteiger partial charge >= 0.3 is 0 Å². The lowest BCUT2D eigenvalue weighted by atomic mass is 10.2. The van der Waals surface area contributed by atoms with Gasteiger partial charge in [-0.15, -0.1) is 0 Å². The summed E-state index contributed by atoms with van der Waals surface area (Å²) in [5.41, 5.74) is 1.00. The van der Waals surface area contributed by atoms with E-state index in [4.69, 9.17) is 8.83 Å². The Morgan fingerprint density at radius 3 is 2.70 bits per heavy atom. The van der Waals surface area contributed by atoms with Gasteiger partial charge in [-0.3, -0.25) is 4.79 Å². The van der Waals surface area contributed by atoms with Gasteiger partial charge in [-0.1, -0.05) is 34.1 Å². The second kappa shape index (κ2) is 7.33. The molecular weight excluding hydrogens is 358 g/mol. The van der Waals surface area contributed by atoms with Crippen LogP contribution in [0.5, 0.6) is 0 Å². The third-order valence-electron chi connectivity index (χ3n) is 3.44. The van der Waals surface area contributed by atoms with Crippen molar-refractivity contribution in [3.8, 4) is 11.3 Å². The molecule has 1 amide bonds. The van der Waals surface area contributed by atoms with Gasteiger partial charge in [-0.05, 0) is 30.3 Å². The van der Waals surface area contributed by atoms with Crippen molar-refractivity contribution in [3.63, 3.8) is 0 Å². The lowest BCUT2D eigenvalue weighted by molar-refractivity contribution is -0.121. The topological polar surface area (TPSA) is 55.4 Å². The molecule has 118 valence electrons. The number of carbonyl (C=O) groups excluding carboxylic acids is 1. The molecule has 0 unspecified atom stereocenters. The molecule has 2 aromatic heterocycles. The van der Waals surface area contributed by atoms with Gasteiger partial charge in [0.25, 0.3) is 0 Å². The fourth-order valence-electron chi connectivity index (χ4n) is 2.24. The van der Waals surface area contributed by atoms with E-state index in [1.54, 1.807) is 12.3 Å². The molecule has 0 aliphatic rings. The van der Waals surface area contributed by atoms with E-state index in [-0.39, 0.29) is 5.91 Å². The Bertz CT molecular complexity index is 777. The number of rotatable bonds is 6. The van der Waals surface area contributed by atoms with Crippen molar-refractivity contribution in [2.75, 3.05) is 0 Å². The first-order valence-corrected chi connectivity index (χ1v) is 8.14. The maximum absolute atomic E-state index is 11.8. The Balaban J connectivity index is 1.53. The summed E-state index contributed by atoms with van der Waals surface area (Å²) in [5.74, 6) is 2.31. The number of hydrogen-bond donors (Lipinski definition) is 1. The summed E-state index contributed by atoms with van der Waals surface area (Å²) in [6, 6.07) is 15.3. The van der Waals surface area contributed by atoms with Crippen LogP contribution in [0.25, 0.3) is 11.3 Å². The molecule has 0 aliphatic heterocycles. The van der Waals surface area contributed by atoms with Crippen LogP contribution in [-0.2, 0) is 17.8 Å². The van der Waals surface area contributed by atoms with Crippen LogP contribution in [0, 0.1) is 0 Å². The lowest BCUT2D eigenvalue weighted by Crippen LogP contribution is -2.22. The third kappa shape index (κ3) is 4.13. The Morgan fingerprint density at radius 2 is 1.91 bits per heavy atom. The molecule has 3 rings (SSSR count). The summed E-state index contributed by atoms with van der Waals surface area (Å²) < 4.78 is 12.0. The van der Waals surface area contributed by atoms with Crippen LogP contribution < -0.4 is 5.32 Å². The first-order valence-electron chi connectivity index (χ1n) is 7.35. The number of furan rings is 2. The average molecular weight is 374 g/mol. The van der Waals surface area contributed by atoms with Gasteiger partial charge in [0.1, 0.15) is 17.3 Å². The smallest absolute Gasteiger partial charge is 0.220 e. The minimum absolute atomic E-state index is 0.0276. The van der Waals surface area contributed by atoms with Gasteiger partial charge in [0.2, 0.25) is 5.91 Å². The Hall–Kier alpha value is -2.27. The summed E-state index contributed by atoms with van der Waals surface area (Å²) >= 11 is 3.51. The van der Waals surface area contributed by atoms with E-state index in [1.807, 2.05) is 42.5 Å². The number of aryl methyl sites for hydroxylation is 1. The maximum atomic E-state index is 11.8. The minimum Gasteiger partial charge on any atom is -0.467 e. The molecule has 0 spiro atoms. The van der Waals surface area contributed by atoms with Crippen LogP contribution in [0.15, 0.2) is 68.1 Å². The third-order valence-corrected chi connectivity index (χ3v) is 4.13. The molecule has 0 saturated heterocycles. The molecule has 0 atom stereocenters. The highest BCUT2D eigenvalue weighted by Crippen LogP contribution is 2.29. The molecule has 1 aromatic carbocycles. The fourth-order valence-corrected chi connectivity index (χ4v) is 2.72. The van der Waals surface area contributed by atoms with Gasteiger partial charge in [-0.2, -0.15) is 0 Å². The summed E-state index contributed by atoms with van der Waals surface area (Å²) in [4.78, 5) is 11.8. The number of hydrogen-bond acceptors (Lipinski definition) is 3. The summed E-state index contributed by atoms with van der Waals surface area (Å²) in [6.07, 6.45) is 2.53. The quantitative estimate of drug-likeness (QED) is 0.689. The zero-order chi connectivity index (χ0) is 16.1. The van der Waals surface area contributed by atoms with Crippen molar-refractivity contribution in [1.29, 1.82) is 0 Å². The highest BCUT2D eigenvalue weighted by atomic mass is 79.9. The van der Waals surface area contributed by atoms with Gasteiger partial charge in [0.05, 0.1) is 12.8 Å². The van der Waals surface area contributed by atoms with Crippen molar-refractivity contribution in [1.82, 2.24) is 5.32 Å². The molecule has 0 saturated carbocycles. The van der Waals surface area contributed by atoms with Crippen molar-refractivity contribution >= 4 is 21.8 Å². The number of amides is 1. The molecular formula is C18H16BrNO3. The molecule has 5 heteroatoms. The van der Waals surface area contributed by atoms with Crippen LogP contribution in [0.4, 0.5) is 0 Å². The number of nitrogens with one attached hydrogen (secondary N) is 1. The molecule has 4 nitrogen and oxygen atoms in total. The van der Waals surface area contributed by atoms with E-state index in [0.29, 0.717) is 19.4 Å². The van der Waals surface area contributed by atoms with E-state index in [2.05, 4.69) is 21.2 Å². The van der Waals surface area contributed by atoms with Crippen LogP contribution >= 0.6 is 15.9 Å². The molecule has 1 N–H and O–H groups in total. The highest BCUT2D eigenvalue weighted by Gasteiger charge is 2.09. The molecule has 2 heterocycles. The molecule has 3 aromatic rings. The normalized spacial score (nSPS) is 10.7. The minimum atomic E-state index is -0.0276. The Morgan fingerprint density at radius 1 is 1.04 bits per heavy atom. The number of carbonyl (C=O) groups is 1.